The summed E-state index contributed by atoms with van der Waals surface area (Å²) in [6.45, 7) is 8.17. The molecule has 1 N–H and O–H groups in total. The van der Waals surface area contributed by atoms with E-state index in [0.717, 1.165) is 43.7 Å². The summed E-state index contributed by atoms with van der Waals surface area (Å²) in [4.78, 5) is 19.8. The first-order valence-corrected chi connectivity index (χ1v) is 12.0. The fraction of sp³-hybridized carbons (Fsp3) is 0.370. The molecule has 0 fully saturated rings. The zero-order valence-electron chi connectivity index (χ0n) is 20.2. The van der Waals surface area contributed by atoms with E-state index < -0.39 is 0 Å². The van der Waals surface area contributed by atoms with Crippen molar-refractivity contribution in [1.82, 2.24) is 29.5 Å². The van der Waals surface area contributed by atoms with Crippen LogP contribution >= 0.6 is 0 Å². The number of benzene rings is 1. The molecule has 0 aliphatic carbocycles. The third-order valence-electron chi connectivity index (χ3n) is 6.52. The van der Waals surface area contributed by atoms with Crippen LogP contribution in [0.2, 0.25) is 0 Å². The Kier molecular flexibility index (Phi) is 6.20. The molecule has 7 nitrogen and oxygen atoms in total. The summed E-state index contributed by atoms with van der Waals surface area (Å²) < 4.78 is 4.26. The molecule has 0 spiro atoms. The molecule has 0 atom stereocenters. The van der Waals surface area contributed by atoms with Crippen LogP contribution in [-0.2, 0) is 39.6 Å². The zero-order chi connectivity index (χ0) is 23.7. The van der Waals surface area contributed by atoms with Gasteiger partial charge in [-0.15, -0.1) is 0 Å². The minimum atomic E-state index is -0.116. The number of aromatic nitrogens is 4. The molecule has 1 aliphatic rings. The fourth-order valence-corrected chi connectivity index (χ4v) is 4.92. The average molecular weight is 457 g/mol. The molecule has 0 saturated heterocycles. The molecule has 0 saturated carbocycles. The van der Waals surface area contributed by atoms with Crippen LogP contribution in [0.5, 0.6) is 0 Å². The Morgan fingerprint density at radius 2 is 2.03 bits per heavy atom. The number of carbonyl (C=O) groups excluding carboxylic acids is 1. The lowest BCUT2D eigenvalue weighted by molar-refractivity contribution is 0.0942. The quantitative estimate of drug-likeness (QED) is 0.458. The molecule has 0 unspecified atom stereocenters. The zero-order valence-corrected chi connectivity index (χ0v) is 20.2. The van der Waals surface area contributed by atoms with Gasteiger partial charge in [0.2, 0.25) is 0 Å². The lowest BCUT2D eigenvalue weighted by Crippen LogP contribution is -2.32. The first kappa shape index (κ1) is 22.3. The number of pyridine rings is 1. The molecule has 4 aromatic rings. The van der Waals surface area contributed by atoms with Crippen molar-refractivity contribution < 1.29 is 4.79 Å². The summed E-state index contributed by atoms with van der Waals surface area (Å²) in [6, 6.07) is 12.4. The van der Waals surface area contributed by atoms with Gasteiger partial charge < -0.3 is 9.88 Å². The smallest absolute Gasteiger partial charge is 0.272 e. The highest BCUT2D eigenvalue weighted by atomic mass is 16.2. The van der Waals surface area contributed by atoms with Gasteiger partial charge >= 0.3 is 0 Å². The van der Waals surface area contributed by atoms with Crippen molar-refractivity contribution in [2.75, 3.05) is 6.54 Å². The maximum absolute atomic E-state index is 13.2. The predicted molar refractivity (Wildman–Crippen MR) is 133 cm³/mol. The van der Waals surface area contributed by atoms with Gasteiger partial charge in [0.1, 0.15) is 0 Å². The molecule has 0 radical (unpaired) electrons. The number of rotatable bonds is 7. The van der Waals surface area contributed by atoms with Crippen molar-refractivity contribution in [2.24, 2.45) is 13.0 Å². The molecule has 176 valence electrons. The van der Waals surface area contributed by atoms with Gasteiger partial charge in [0.15, 0.2) is 5.69 Å². The molecule has 4 heterocycles. The highest BCUT2D eigenvalue weighted by Crippen LogP contribution is 2.27. The van der Waals surface area contributed by atoms with Gasteiger partial charge in [-0.05, 0) is 29.2 Å². The molecule has 0 bridgehead atoms. The van der Waals surface area contributed by atoms with Crippen molar-refractivity contribution in [3.63, 3.8) is 0 Å². The topological polar surface area (TPSA) is 68.0 Å². The number of nitrogens with zero attached hydrogens (tertiary/aromatic N) is 5. The van der Waals surface area contributed by atoms with Crippen molar-refractivity contribution in [1.29, 1.82) is 0 Å². The maximum Gasteiger partial charge on any atom is 0.272 e. The van der Waals surface area contributed by atoms with Gasteiger partial charge in [-0.25, -0.2) is 0 Å². The first-order valence-electron chi connectivity index (χ1n) is 12.0. The molecule has 7 heteroatoms. The van der Waals surface area contributed by atoms with Crippen LogP contribution in [0.3, 0.4) is 0 Å². The average Bonchev–Trinajstić information content (AvgIpc) is 3.35. The number of nitrogens with one attached hydrogen (secondary N) is 1. The Balaban J connectivity index is 1.39. The van der Waals surface area contributed by atoms with Crippen LogP contribution in [0.25, 0.3) is 10.9 Å². The van der Waals surface area contributed by atoms with E-state index in [0.29, 0.717) is 18.2 Å². The number of hydrogen-bond acceptors (Lipinski definition) is 4. The predicted octanol–water partition coefficient (Wildman–Crippen LogP) is 3.91. The SMILES string of the molecule is CC(C)Cn1nc(C(=O)NCc2cccnc2)c2c1CCN(Cc1cn(C)c3ccccc13)C2. The van der Waals surface area contributed by atoms with E-state index in [1.54, 1.807) is 12.4 Å². The number of hydrogen-bond donors (Lipinski definition) is 1. The molecular weight excluding hydrogens is 424 g/mol. The summed E-state index contributed by atoms with van der Waals surface area (Å²) in [5.74, 6) is 0.346. The third kappa shape index (κ3) is 4.48. The summed E-state index contributed by atoms with van der Waals surface area (Å²) >= 11 is 0. The highest BCUT2D eigenvalue weighted by Gasteiger charge is 2.28. The lowest BCUT2D eigenvalue weighted by Gasteiger charge is -2.27. The lowest BCUT2D eigenvalue weighted by atomic mass is 10.0. The van der Waals surface area contributed by atoms with Crippen molar-refractivity contribution in [2.45, 2.75) is 46.4 Å². The minimum absolute atomic E-state index is 0.116. The number of para-hydroxylation sites is 1. The van der Waals surface area contributed by atoms with E-state index in [1.807, 2.05) is 12.1 Å². The van der Waals surface area contributed by atoms with Gasteiger partial charge in [0.25, 0.3) is 5.91 Å². The van der Waals surface area contributed by atoms with Crippen LogP contribution in [0.4, 0.5) is 0 Å². The normalized spacial score (nSPS) is 14.0. The van der Waals surface area contributed by atoms with Crippen LogP contribution in [0.15, 0.2) is 55.0 Å². The fourth-order valence-electron chi connectivity index (χ4n) is 4.92. The van der Waals surface area contributed by atoms with Gasteiger partial charge in [-0.2, -0.15) is 5.10 Å². The number of amides is 1. The molecule has 1 aliphatic heterocycles. The molecule has 3 aromatic heterocycles. The molecular formula is C27H32N6O. The van der Waals surface area contributed by atoms with E-state index in [-0.39, 0.29) is 5.91 Å². The molecule has 34 heavy (non-hydrogen) atoms. The Labute approximate surface area is 200 Å². The van der Waals surface area contributed by atoms with Crippen LogP contribution < -0.4 is 5.32 Å². The Morgan fingerprint density at radius 3 is 2.82 bits per heavy atom. The number of fused-ring (bicyclic) bond motifs is 2. The number of carbonyl (C=O) groups is 1. The standard InChI is InChI=1S/C27H32N6O/c1-19(2)15-33-25-10-12-32(17-21-16-31(3)24-9-5-4-8-22(21)24)18-23(25)26(30-33)27(34)29-14-20-7-6-11-28-13-20/h4-9,11,13,16,19H,10,12,14-15,17-18H2,1-3H3,(H,29,34). The van der Waals surface area contributed by atoms with Crippen LogP contribution in [-0.4, -0.2) is 36.7 Å². The van der Waals surface area contributed by atoms with E-state index in [9.17, 15) is 4.79 Å². The Bertz CT molecular complexity index is 1300. The maximum atomic E-state index is 13.2. The highest BCUT2D eigenvalue weighted by molar-refractivity contribution is 5.94. The summed E-state index contributed by atoms with van der Waals surface area (Å²) in [6.07, 6.45) is 6.64. The van der Waals surface area contributed by atoms with Gasteiger partial charge in [-0.1, -0.05) is 38.1 Å². The third-order valence-corrected chi connectivity index (χ3v) is 6.52. The second-order valence-corrected chi connectivity index (χ2v) is 9.64. The molecule has 1 aromatic carbocycles. The van der Waals surface area contributed by atoms with Crippen molar-refractivity contribution >= 4 is 16.8 Å². The van der Waals surface area contributed by atoms with Crippen LogP contribution in [0, 0.1) is 5.92 Å². The van der Waals surface area contributed by atoms with Crippen molar-refractivity contribution in [3.8, 4) is 0 Å². The van der Waals surface area contributed by atoms with Crippen LogP contribution in [0.1, 0.15) is 46.7 Å². The largest absolute Gasteiger partial charge is 0.350 e. The monoisotopic (exact) mass is 456 g/mol. The van der Waals surface area contributed by atoms with E-state index >= 15 is 0 Å². The Morgan fingerprint density at radius 1 is 1.18 bits per heavy atom. The van der Waals surface area contributed by atoms with Gasteiger partial charge in [-0.3, -0.25) is 19.4 Å². The summed E-state index contributed by atoms with van der Waals surface area (Å²) in [7, 11) is 2.10. The molecule has 1 amide bonds. The minimum Gasteiger partial charge on any atom is -0.350 e. The first-order chi connectivity index (χ1) is 16.5. The molecule has 5 rings (SSSR count). The van der Waals surface area contributed by atoms with E-state index in [1.165, 1.54) is 22.2 Å². The van der Waals surface area contributed by atoms with E-state index in [4.69, 9.17) is 5.10 Å². The summed E-state index contributed by atoms with van der Waals surface area (Å²) in [5, 5.41) is 9.14. The van der Waals surface area contributed by atoms with Crippen molar-refractivity contribution in [3.05, 3.63) is 83.1 Å². The number of aryl methyl sites for hydroxylation is 1. The summed E-state index contributed by atoms with van der Waals surface area (Å²) in [5.41, 5.74) is 6.37. The second kappa shape index (κ2) is 9.43. The van der Waals surface area contributed by atoms with Gasteiger partial charge in [0.05, 0.1) is 0 Å². The Hall–Kier alpha value is -3.45. The van der Waals surface area contributed by atoms with Gasteiger partial charge in [0, 0.05) is 86.9 Å². The van der Waals surface area contributed by atoms with E-state index in [2.05, 4.69) is 75.8 Å². The second-order valence-electron chi connectivity index (χ2n) is 9.64.